The van der Waals surface area contributed by atoms with Gasteiger partial charge in [0.05, 0.1) is 13.0 Å². The van der Waals surface area contributed by atoms with E-state index in [0.717, 1.165) is 0 Å². The molecule has 0 aromatic carbocycles. The molecule has 2 amide bonds. The molecule has 0 unspecified atom stereocenters. The summed E-state index contributed by atoms with van der Waals surface area (Å²) in [5.41, 5.74) is 0. The monoisotopic (exact) mass is 291 g/mol. The molecule has 20 heavy (non-hydrogen) atoms. The molecule has 9 nitrogen and oxygen atoms in total. The molecule has 0 radical (unpaired) electrons. The Kier molecular flexibility index (Phi) is 9.05. The molecule has 0 saturated carbocycles. The average Bonchev–Trinajstić information content (AvgIpc) is 2.34. The van der Waals surface area contributed by atoms with Gasteiger partial charge in [-0.05, 0) is 7.05 Å². The number of rotatable bonds is 10. The van der Waals surface area contributed by atoms with Gasteiger partial charge in [-0.15, -0.1) is 0 Å². The van der Waals surface area contributed by atoms with Gasteiger partial charge in [-0.1, -0.05) is 0 Å². The first-order chi connectivity index (χ1) is 9.36. The van der Waals surface area contributed by atoms with Crippen molar-refractivity contribution >= 4 is 18.0 Å². The zero-order valence-corrected chi connectivity index (χ0v) is 11.6. The molecular formula is C11H21N3O6. The van der Waals surface area contributed by atoms with E-state index in [-0.39, 0.29) is 0 Å². The van der Waals surface area contributed by atoms with Gasteiger partial charge in [-0.2, -0.15) is 0 Å². The molecule has 0 aromatic rings. The molecule has 0 rings (SSSR count). The standard InChI is InChI=1S/C11H21N3O6/c1-14(5-6-20-2)4-3-12-11(19)13-8(10(17)18)7-9(15)16/h8H,3-7H2,1-2H3,(H,15,16)(H,17,18)(H2,12,13,19)/t8-/m1/s1. The van der Waals surface area contributed by atoms with Gasteiger partial charge in [-0.25, -0.2) is 9.59 Å². The largest absolute Gasteiger partial charge is 0.481 e. The van der Waals surface area contributed by atoms with Gasteiger partial charge >= 0.3 is 18.0 Å². The summed E-state index contributed by atoms with van der Waals surface area (Å²) in [6.07, 6.45) is -0.670. The van der Waals surface area contributed by atoms with Crippen LogP contribution in [0.4, 0.5) is 4.79 Å². The maximum atomic E-state index is 11.4. The van der Waals surface area contributed by atoms with Crippen LogP contribution in [-0.4, -0.2) is 79.5 Å². The number of amides is 2. The molecule has 0 saturated heterocycles. The number of methoxy groups -OCH3 is 1. The highest BCUT2D eigenvalue weighted by atomic mass is 16.5. The minimum atomic E-state index is -1.45. The van der Waals surface area contributed by atoms with Crippen LogP contribution in [-0.2, 0) is 14.3 Å². The van der Waals surface area contributed by atoms with Crippen molar-refractivity contribution in [2.24, 2.45) is 0 Å². The van der Waals surface area contributed by atoms with E-state index in [4.69, 9.17) is 14.9 Å². The number of carboxylic acid groups (broad SMARTS) is 2. The Bertz CT molecular complexity index is 336. The SMILES string of the molecule is COCCN(C)CCNC(=O)N[C@H](CC(=O)O)C(=O)O. The minimum absolute atomic E-state index is 0.311. The lowest BCUT2D eigenvalue weighted by atomic mass is 10.2. The third kappa shape index (κ3) is 9.11. The Balaban J connectivity index is 3.96. The summed E-state index contributed by atoms with van der Waals surface area (Å²) in [4.78, 5) is 34.5. The molecule has 0 aliphatic rings. The summed E-state index contributed by atoms with van der Waals surface area (Å²) in [6.45, 7) is 2.15. The zero-order valence-electron chi connectivity index (χ0n) is 11.6. The normalized spacial score (nSPS) is 11.9. The van der Waals surface area contributed by atoms with Gasteiger partial charge in [-0.3, -0.25) is 4.79 Å². The number of ether oxygens (including phenoxy) is 1. The Labute approximate surface area is 116 Å². The van der Waals surface area contributed by atoms with E-state index in [9.17, 15) is 14.4 Å². The van der Waals surface area contributed by atoms with E-state index in [1.807, 2.05) is 11.9 Å². The molecule has 0 bridgehead atoms. The van der Waals surface area contributed by atoms with E-state index < -0.39 is 30.4 Å². The summed E-state index contributed by atoms with van der Waals surface area (Å²) < 4.78 is 4.89. The van der Waals surface area contributed by atoms with Crippen molar-refractivity contribution in [2.45, 2.75) is 12.5 Å². The number of aliphatic carboxylic acids is 2. The lowest BCUT2D eigenvalue weighted by molar-refractivity contribution is -0.145. The number of carbonyl (C=O) groups excluding carboxylic acids is 1. The molecular weight excluding hydrogens is 270 g/mol. The fourth-order valence-electron chi connectivity index (χ4n) is 1.30. The number of urea groups is 1. The van der Waals surface area contributed by atoms with Gasteiger partial charge in [0.1, 0.15) is 6.04 Å². The van der Waals surface area contributed by atoms with Crippen molar-refractivity contribution in [3.05, 3.63) is 0 Å². The van der Waals surface area contributed by atoms with Crippen LogP contribution in [0.15, 0.2) is 0 Å². The lowest BCUT2D eigenvalue weighted by Gasteiger charge is -2.17. The van der Waals surface area contributed by atoms with Crippen molar-refractivity contribution in [1.29, 1.82) is 0 Å². The molecule has 1 atom stereocenters. The average molecular weight is 291 g/mol. The fourth-order valence-corrected chi connectivity index (χ4v) is 1.30. The Morgan fingerprint density at radius 2 is 1.90 bits per heavy atom. The Morgan fingerprint density at radius 3 is 2.40 bits per heavy atom. The van der Waals surface area contributed by atoms with E-state index in [1.54, 1.807) is 7.11 Å². The van der Waals surface area contributed by atoms with Crippen molar-refractivity contribution in [2.75, 3.05) is 40.4 Å². The van der Waals surface area contributed by atoms with E-state index in [2.05, 4.69) is 10.6 Å². The van der Waals surface area contributed by atoms with E-state index in [1.165, 1.54) is 0 Å². The molecule has 0 spiro atoms. The quantitative estimate of drug-likeness (QED) is 0.397. The number of carboxylic acids is 2. The zero-order chi connectivity index (χ0) is 15.5. The number of carbonyl (C=O) groups is 3. The van der Waals surface area contributed by atoms with Crippen molar-refractivity contribution in [1.82, 2.24) is 15.5 Å². The first kappa shape index (κ1) is 18.1. The van der Waals surface area contributed by atoms with Crippen LogP contribution in [0, 0.1) is 0 Å². The van der Waals surface area contributed by atoms with Crippen LogP contribution in [0.5, 0.6) is 0 Å². The summed E-state index contributed by atoms with van der Waals surface area (Å²) in [7, 11) is 3.44. The molecule has 4 N–H and O–H groups in total. The Morgan fingerprint density at radius 1 is 1.25 bits per heavy atom. The highest BCUT2D eigenvalue weighted by Crippen LogP contribution is 1.92. The van der Waals surface area contributed by atoms with Crippen LogP contribution in [0.3, 0.4) is 0 Å². The second-order valence-corrected chi connectivity index (χ2v) is 4.18. The van der Waals surface area contributed by atoms with Crippen LogP contribution >= 0.6 is 0 Å². The number of nitrogens with one attached hydrogen (secondary N) is 2. The van der Waals surface area contributed by atoms with Gasteiger partial charge in [0.2, 0.25) is 0 Å². The number of nitrogens with zero attached hydrogens (tertiary/aromatic N) is 1. The lowest BCUT2D eigenvalue weighted by Crippen LogP contribution is -2.48. The highest BCUT2D eigenvalue weighted by molar-refractivity contribution is 5.86. The molecule has 9 heteroatoms. The summed E-state index contributed by atoms with van der Waals surface area (Å²) >= 11 is 0. The fraction of sp³-hybridized carbons (Fsp3) is 0.727. The molecule has 0 aliphatic heterocycles. The minimum Gasteiger partial charge on any atom is -0.481 e. The Hall–Kier alpha value is -1.87. The van der Waals surface area contributed by atoms with Gasteiger partial charge in [0, 0.05) is 26.7 Å². The third-order valence-electron chi connectivity index (χ3n) is 2.44. The maximum absolute atomic E-state index is 11.4. The van der Waals surface area contributed by atoms with Gasteiger partial charge in [0.15, 0.2) is 0 Å². The second-order valence-electron chi connectivity index (χ2n) is 4.18. The third-order valence-corrected chi connectivity index (χ3v) is 2.44. The van der Waals surface area contributed by atoms with Crippen LogP contribution in [0.2, 0.25) is 0 Å². The molecule has 0 heterocycles. The highest BCUT2D eigenvalue weighted by Gasteiger charge is 2.22. The molecule has 0 fully saturated rings. The first-order valence-corrected chi connectivity index (χ1v) is 6.03. The summed E-state index contributed by atoms with van der Waals surface area (Å²) in [5.74, 6) is -2.68. The molecule has 0 aliphatic carbocycles. The van der Waals surface area contributed by atoms with Crippen molar-refractivity contribution < 1.29 is 29.3 Å². The van der Waals surface area contributed by atoms with Crippen LogP contribution < -0.4 is 10.6 Å². The number of hydrogen-bond donors (Lipinski definition) is 4. The van der Waals surface area contributed by atoms with Crippen molar-refractivity contribution in [3.63, 3.8) is 0 Å². The topological polar surface area (TPSA) is 128 Å². The molecule has 116 valence electrons. The van der Waals surface area contributed by atoms with Crippen LogP contribution in [0.25, 0.3) is 0 Å². The number of hydrogen-bond acceptors (Lipinski definition) is 5. The first-order valence-electron chi connectivity index (χ1n) is 6.03. The second kappa shape index (κ2) is 9.98. The molecule has 0 aromatic heterocycles. The summed E-state index contributed by atoms with van der Waals surface area (Å²) in [6, 6.07) is -2.16. The summed E-state index contributed by atoms with van der Waals surface area (Å²) in [5, 5.41) is 21.8. The predicted octanol–water partition coefficient (Wildman–Crippen LogP) is -1.21. The van der Waals surface area contributed by atoms with Crippen LogP contribution in [0.1, 0.15) is 6.42 Å². The van der Waals surface area contributed by atoms with E-state index >= 15 is 0 Å². The van der Waals surface area contributed by atoms with E-state index in [0.29, 0.717) is 26.2 Å². The van der Waals surface area contributed by atoms with Crippen molar-refractivity contribution in [3.8, 4) is 0 Å². The van der Waals surface area contributed by atoms with Gasteiger partial charge < -0.3 is 30.5 Å². The number of likely N-dealkylation sites (N-methyl/N-ethyl adjacent to an activating group) is 1. The maximum Gasteiger partial charge on any atom is 0.326 e. The smallest absolute Gasteiger partial charge is 0.326 e. The predicted molar refractivity (Wildman–Crippen MR) is 69.6 cm³/mol. The van der Waals surface area contributed by atoms with Gasteiger partial charge in [0.25, 0.3) is 0 Å².